The van der Waals surface area contributed by atoms with Crippen LogP contribution in [0.1, 0.15) is 10.4 Å². The molecule has 0 bridgehead atoms. The molecule has 0 aliphatic carbocycles. The Morgan fingerprint density at radius 3 is 2.89 bits per heavy atom. The van der Waals surface area contributed by atoms with Crippen LogP contribution in [-0.4, -0.2) is 43.2 Å². The second-order valence-electron chi connectivity index (χ2n) is 4.26. The van der Waals surface area contributed by atoms with Gasteiger partial charge in [-0.05, 0) is 37.7 Å². The van der Waals surface area contributed by atoms with Crippen molar-refractivity contribution in [3.05, 3.63) is 29.1 Å². The van der Waals surface area contributed by atoms with Crippen LogP contribution in [0.2, 0.25) is 0 Å². The van der Waals surface area contributed by atoms with Crippen LogP contribution in [0, 0.1) is 0 Å². The van der Waals surface area contributed by atoms with E-state index >= 15 is 0 Å². The van der Waals surface area contributed by atoms with Crippen LogP contribution in [0.25, 0.3) is 10.1 Å². The summed E-state index contributed by atoms with van der Waals surface area (Å²) in [5.74, 6) is -0.282. The molecule has 0 saturated carbocycles. The summed E-state index contributed by atoms with van der Waals surface area (Å²) in [6.45, 7) is 1.34. The number of hydrogen-bond acceptors (Lipinski definition) is 4. The second kappa shape index (κ2) is 5.37. The zero-order valence-electron chi connectivity index (χ0n) is 10.3. The Labute approximate surface area is 109 Å². The molecule has 0 amide bonds. The first-order chi connectivity index (χ1) is 8.58. The normalized spacial score (nSPS) is 11.1. The van der Waals surface area contributed by atoms with Crippen LogP contribution >= 0.6 is 11.3 Å². The minimum atomic E-state index is -0.928. The smallest absolute Gasteiger partial charge is 0.335 e. The van der Waals surface area contributed by atoms with E-state index in [0.717, 1.165) is 16.6 Å². The molecule has 2 aromatic rings. The minimum Gasteiger partial charge on any atom is -0.492 e. The first-order valence-corrected chi connectivity index (χ1v) is 6.48. The van der Waals surface area contributed by atoms with Gasteiger partial charge in [0.05, 0.1) is 5.56 Å². The molecule has 5 heteroatoms. The zero-order chi connectivity index (χ0) is 13.1. The topological polar surface area (TPSA) is 49.8 Å². The molecule has 18 heavy (non-hydrogen) atoms. The molecular formula is C13H15NO3S. The predicted octanol–water partition coefficient (Wildman–Crippen LogP) is 2.54. The van der Waals surface area contributed by atoms with Crippen molar-refractivity contribution in [3.8, 4) is 5.75 Å². The van der Waals surface area contributed by atoms with Gasteiger partial charge in [-0.25, -0.2) is 4.79 Å². The molecule has 4 nitrogen and oxygen atoms in total. The van der Waals surface area contributed by atoms with Crippen molar-refractivity contribution in [3.63, 3.8) is 0 Å². The summed E-state index contributed by atoms with van der Waals surface area (Å²) in [4.78, 5) is 13.1. The Morgan fingerprint density at radius 2 is 2.22 bits per heavy atom. The summed E-state index contributed by atoms with van der Waals surface area (Å²) in [5.41, 5.74) is 0.268. The summed E-state index contributed by atoms with van der Waals surface area (Å²) >= 11 is 1.52. The SMILES string of the molecule is CN(C)CCOc1cc(C(=O)O)cc2sccc12. The van der Waals surface area contributed by atoms with Crippen molar-refractivity contribution in [1.29, 1.82) is 0 Å². The van der Waals surface area contributed by atoms with Gasteiger partial charge >= 0.3 is 5.97 Å². The van der Waals surface area contributed by atoms with Crippen molar-refractivity contribution in [2.75, 3.05) is 27.2 Å². The van der Waals surface area contributed by atoms with E-state index in [2.05, 4.69) is 0 Å². The minimum absolute atomic E-state index is 0.268. The summed E-state index contributed by atoms with van der Waals surface area (Å²) < 4.78 is 6.62. The van der Waals surface area contributed by atoms with Gasteiger partial charge in [0, 0.05) is 16.6 Å². The standard InChI is InChI=1S/C13H15NO3S/c1-14(2)4-5-17-11-7-9(13(15)16)8-12-10(11)3-6-18-12/h3,6-8H,4-5H2,1-2H3,(H,15,16). The summed E-state index contributed by atoms with van der Waals surface area (Å²) in [6.07, 6.45) is 0. The van der Waals surface area contributed by atoms with Gasteiger partial charge in [0.1, 0.15) is 12.4 Å². The van der Waals surface area contributed by atoms with Gasteiger partial charge in [0.2, 0.25) is 0 Å². The highest BCUT2D eigenvalue weighted by atomic mass is 32.1. The van der Waals surface area contributed by atoms with Gasteiger partial charge in [-0.3, -0.25) is 0 Å². The van der Waals surface area contributed by atoms with E-state index in [0.29, 0.717) is 12.4 Å². The number of carboxylic acids is 1. The third kappa shape index (κ3) is 2.80. The first-order valence-electron chi connectivity index (χ1n) is 5.60. The van der Waals surface area contributed by atoms with E-state index < -0.39 is 5.97 Å². The van der Waals surface area contributed by atoms with E-state index in [9.17, 15) is 4.79 Å². The molecule has 0 radical (unpaired) electrons. The Kier molecular flexibility index (Phi) is 3.84. The summed E-state index contributed by atoms with van der Waals surface area (Å²) in [5, 5.41) is 12.0. The van der Waals surface area contributed by atoms with Gasteiger partial charge < -0.3 is 14.7 Å². The molecule has 0 aliphatic rings. The third-order valence-electron chi connectivity index (χ3n) is 2.58. The molecule has 0 atom stereocenters. The lowest BCUT2D eigenvalue weighted by Crippen LogP contribution is -2.19. The molecule has 1 N–H and O–H groups in total. The Hall–Kier alpha value is -1.59. The van der Waals surface area contributed by atoms with E-state index in [1.165, 1.54) is 11.3 Å². The van der Waals surface area contributed by atoms with Gasteiger partial charge in [0.15, 0.2) is 0 Å². The van der Waals surface area contributed by atoms with Gasteiger partial charge in [-0.1, -0.05) is 0 Å². The van der Waals surface area contributed by atoms with E-state index in [-0.39, 0.29) is 5.56 Å². The van der Waals surface area contributed by atoms with Crippen LogP contribution in [0.4, 0.5) is 0 Å². The lowest BCUT2D eigenvalue weighted by atomic mass is 10.1. The van der Waals surface area contributed by atoms with Crippen LogP contribution in [0.3, 0.4) is 0 Å². The van der Waals surface area contributed by atoms with E-state index in [1.54, 1.807) is 12.1 Å². The average molecular weight is 265 g/mol. The summed E-state index contributed by atoms with van der Waals surface area (Å²) in [6, 6.07) is 5.23. The summed E-state index contributed by atoms with van der Waals surface area (Å²) in [7, 11) is 3.94. The molecular weight excluding hydrogens is 250 g/mol. The van der Waals surface area contributed by atoms with Gasteiger partial charge in [0.25, 0.3) is 0 Å². The maximum Gasteiger partial charge on any atom is 0.335 e. The maximum atomic E-state index is 11.0. The van der Waals surface area contributed by atoms with Crippen LogP contribution in [0.15, 0.2) is 23.6 Å². The highest BCUT2D eigenvalue weighted by molar-refractivity contribution is 7.17. The van der Waals surface area contributed by atoms with Gasteiger partial charge in [-0.15, -0.1) is 11.3 Å². The number of nitrogens with zero attached hydrogens (tertiary/aromatic N) is 1. The van der Waals surface area contributed by atoms with E-state index in [4.69, 9.17) is 9.84 Å². The third-order valence-corrected chi connectivity index (χ3v) is 3.44. The Balaban J connectivity index is 2.29. The lowest BCUT2D eigenvalue weighted by molar-refractivity contribution is 0.0696. The fourth-order valence-electron chi connectivity index (χ4n) is 1.62. The molecule has 0 fully saturated rings. The molecule has 0 unspecified atom stereocenters. The largest absolute Gasteiger partial charge is 0.492 e. The number of fused-ring (bicyclic) bond motifs is 1. The molecule has 1 aromatic carbocycles. The van der Waals surface area contributed by atoms with Crippen LogP contribution in [-0.2, 0) is 0 Å². The van der Waals surface area contributed by atoms with E-state index in [1.807, 2.05) is 30.4 Å². The molecule has 0 spiro atoms. The highest BCUT2D eigenvalue weighted by Gasteiger charge is 2.11. The molecule has 0 saturated heterocycles. The van der Waals surface area contributed by atoms with Crippen LogP contribution < -0.4 is 4.74 Å². The lowest BCUT2D eigenvalue weighted by Gasteiger charge is -2.12. The second-order valence-corrected chi connectivity index (χ2v) is 5.21. The number of likely N-dealkylation sites (N-methyl/N-ethyl adjacent to an activating group) is 1. The molecule has 0 aliphatic heterocycles. The quantitative estimate of drug-likeness (QED) is 0.902. The fraction of sp³-hybridized carbons (Fsp3) is 0.308. The molecule has 2 rings (SSSR count). The number of ether oxygens (including phenoxy) is 1. The number of hydrogen-bond donors (Lipinski definition) is 1. The van der Waals surface area contributed by atoms with Crippen LogP contribution in [0.5, 0.6) is 5.75 Å². The highest BCUT2D eigenvalue weighted by Crippen LogP contribution is 2.31. The Bertz CT molecular complexity index is 562. The number of thiophene rings is 1. The molecule has 96 valence electrons. The van der Waals surface area contributed by atoms with Crippen molar-refractivity contribution >= 4 is 27.4 Å². The molecule has 1 aromatic heterocycles. The zero-order valence-corrected chi connectivity index (χ0v) is 11.2. The van der Waals surface area contributed by atoms with Gasteiger partial charge in [-0.2, -0.15) is 0 Å². The monoisotopic (exact) mass is 265 g/mol. The van der Waals surface area contributed by atoms with Crippen molar-refractivity contribution < 1.29 is 14.6 Å². The first kappa shape index (κ1) is 12.9. The number of aromatic carboxylic acids is 1. The van der Waals surface area contributed by atoms with Crippen molar-refractivity contribution in [2.24, 2.45) is 0 Å². The van der Waals surface area contributed by atoms with Crippen molar-refractivity contribution in [1.82, 2.24) is 4.90 Å². The van der Waals surface area contributed by atoms with Crippen molar-refractivity contribution in [2.45, 2.75) is 0 Å². The Morgan fingerprint density at radius 1 is 1.44 bits per heavy atom. The number of rotatable bonds is 5. The fourth-order valence-corrected chi connectivity index (χ4v) is 2.46. The molecule has 1 heterocycles. The maximum absolute atomic E-state index is 11.0. The average Bonchev–Trinajstić information content (AvgIpc) is 2.76. The number of carbonyl (C=O) groups is 1. The number of benzene rings is 1. The number of carboxylic acid groups (broad SMARTS) is 1. The predicted molar refractivity (Wildman–Crippen MR) is 72.8 cm³/mol.